The van der Waals surface area contributed by atoms with Crippen LogP contribution in [0, 0.1) is 0 Å². The second-order valence-electron chi connectivity index (χ2n) is 5.29. The molecule has 2 atom stereocenters. The first-order valence-electron chi connectivity index (χ1n) is 6.57. The SMILES string of the molecule is CCC(CC)N1CC(C)(CC)NCC1C. The van der Waals surface area contributed by atoms with E-state index in [2.05, 4.69) is 44.8 Å². The van der Waals surface area contributed by atoms with Crippen molar-refractivity contribution in [2.75, 3.05) is 13.1 Å². The van der Waals surface area contributed by atoms with Crippen molar-refractivity contribution < 1.29 is 0 Å². The molecule has 1 rings (SSSR count). The van der Waals surface area contributed by atoms with Crippen LogP contribution in [-0.4, -0.2) is 35.6 Å². The van der Waals surface area contributed by atoms with Crippen LogP contribution in [0.5, 0.6) is 0 Å². The van der Waals surface area contributed by atoms with Gasteiger partial charge in [0.15, 0.2) is 0 Å². The molecule has 1 aliphatic rings. The Morgan fingerprint density at radius 3 is 2.40 bits per heavy atom. The fraction of sp³-hybridized carbons (Fsp3) is 1.00. The van der Waals surface area contributed by atoms with Gasteiger partial charge >= 0.3 is 0 Å². The van der Waals surface area contributed by atoms with Crippen LogP contribution < -0.4 is 5.32 Å². The molecule has 1 N–H and O–H groups in total. The number of hydrogen-bond acceptors (Lipinski definition) is 2. The van der Waals surface area contributed by atoms with Crippen molar-refractivity contribution in [3.63, 3.8) is 0 Å². The minimum atomic E-state index is 0.328. The summed E-state index contributed by atoms with van der Waals surface area (Å²) >= 11 is 0. The molecule has 0 bridgehead atoms. The van der Waals surface area contributed by atoms with Gasteiger partial charge in [-0.3, -0.25) is 4.90 Å². The van der Waals surface area contributed by atoms with Crippen LogP contribution in [0.4, 0.5) is 0 Å². The highest BCUT2D eigenvalue weighted by molar-refractivity contribution is 4.94. The Hall–Kier alpha value is -0.0800. The monoisotopic (exact) mass is 212 g/mol. The lowest BCUT2D eigenvalue weighted by atomic mass is 9.92. The summed E-state index contributed by atoms with van der Waals surface area (Å²) < 4.78 is 0. The molecule has 1 aliphatic heterocycles. The third-order valence-electron chi connectivity index (χ3n) is 4.11. The van der Waals surface area contributed by atoms with Crippen molar-refractivity contribution in [2.24, 2.45) is 0 Å². The molecule has 0 aliphatic carbocycles. The van der Waals surface area contributed by atoms with Crippen molar-refractivity contribution in [1.82, 2.24) is 10.2 Å². The highest BCUT2D eigenvalue weighted by Gasteiger charge is 2.34. The summed E-state index contributed by atoms with van der Waals surface area (Å²) in [6.07, 6.45) is 3.78. The first-order valence-corrected chi connectivity index (χ1v) is 6.57. The Kier molecular flexibility index (Phi) is 4.60. The Morgan fingerprint density at radius 2 is 1.93 bits per heavy atom. The predicted molar refractivity (Wildman–Crippen MR) is 67.2 cm³/mol. The lowest BCUT2D eigenvalue weighted by Crippen LogP contribution is -2.63. The summed E-state index contributed by atoms with van der Waals surface area (Å²) in [5.41, 5.74) is 0.328. The first kappa shape index (κ1) is 13.0. The topological polar surface area (TPSA) is 15.3 Å². The second kappa shape index (κ2) is 5.31. The highest BCUT2D eigenvalue weighted by Crippen LogP contribution is 2.23. The van der Waals surface area contributed by atoms with Crippen LogP contribution in [0.3, 0.4) is 0 Å². The van der Waals surface area contributed by atoms with Gasteiger partial charge in [0.05, 0.1) is 0 Å². The quantitative estimate of drug-likeness (QED) is 0.770. The van der Waals surface area contributed by atoms with Crippen LogP contribution >= 0.6 is 0 Å². The van der Waals surface area contributed by atoms with Gasteiger partial charge in [0, 0.05) is 30.7 Å². The third-order valence-corrected chi connectivity index (χ3v) is 4.11. The Labute approximate surface area is 95.4 Å². The molecule has 0 amide bonds. The van der Waals surface area contributed by atoms with Crippen LogP contribution in [0.1, 0.15) is 53.9 Å². The largest absolute Gasteiger partial charge is 0.309 e. The summed E-state index contributed by atoms with van der Waals surface area (Å²) in [4.78, 5) is 2.71. The highest BCUT2D eigenvalue weighted by atomic mass is 15.3. The number of hydrogen-bond donors (Lipinski definition) is 1. The summed E-state index contributed by atoms with van der Waals surface area (Å²) in [6.45, 7) is 14.0. The fourth-order valence-corrected chi connectivity index (χ4v) is 2.61. The van der Waals surface area contributed by atoms with E-state index >= 15 is 0 Å². The molecule has 0 saturated carbocycles. The molecule has 0 radical (unpaired) electrons. The molecule has 0 aromatic carbocycles. The van der Waals surface area contributed by atoms with Gasteiger partial charge in [0.25, 0.3) is 0 Å². The van der Waals surface area contributed by atoms with E-state index in [1.807, 2.05) is 0 Å². The lowest BCUT2D eigenvalue weighted by molar-refractivity contribution is 0.0502. The molecule has 2 nitrogen and oxygen atoms in total. The van der Waals surface area contributed by atoms with Crippen LogP contribution in [0.25, 0.3) is 0 Å². The molecule has 0 spiro atoms. The van der Waals surface area contributed by atoms with Gasteiger partial charge in [-0.15, -0.1) is 0 Å². The summed E-state index contributed by atoms with van der Waals surface area (Å²) in [5, 5.41) is 3.69. The van der Waals surface area contributed by atoms with E-state index < -0.39 is 0 Å². The minimum Gasteiger partial charge on any atom is -0.309 e. The van der Waals surface area contributed by atoms with E-state index in [1.54, 1.807) is 0 Å². The average molecular weight is 212 g/mol. The standard InChI is InChI=1S/C13H28N2/c1-6-12(7-2)15-10-13(5,8-3)14-9-11(15)4/h11-12,14H,6-10H2,1-5H3. The minimum absolute atomic E-state index is 0.328. The van der Waals surface area contributed by atoms with Crippen LogP contribution in [-0.2, 0) is 0 Å². The van der Waals surface area contributed by atoms with E-state index in [9.17, 15) is 0 Å². The van der Waals surface area contributed by atoms with E-state index in [0.29, 0.717) is 11.6 Å². The van der Waals surface area contributed by atoms with Crippen molar-refractivity contribution in [3.05, 3.63) is 0 Å². The Bertz CT molecular complexity index is 189. The number of nitrogens with one attached hydrogen (secondary N) is 1. The Morgan fingerprint density at radius 1 is 1.33 bits per heavy atom. The maximum atomic E-state index is 3.69. The molecule has 1 heterocycles. The van der Waals surface area contributed by atoms with Gasteiger partial charge in [-0.1, -0.05) is 20.8 Å². The zero-order valence-corrected chi connectivity index (χ0v) is 11.1. The van der Waals surface area contributed by atoms with Crippen molar-refractivity contribution >= 4 is 0 Å². The molecular weight excluding hydrogens is 184 g/mol. The van der Waals surface area contributed by atoms with Gasteiger partial charge in [0.2, 0.25) is 0 Å². The van der Waals surface area contributed by atoms with Gasteiger partial charge in [0.1, 0.15) is 0 Å². The summed E-state index contributed by atoms with van der Waals surface area (Å²) in [5.74, 6) is 0. The molecule has 2 unspecified atom stereocenters. The van der Waals surface area contributed by atoms with Crippen molar-refractivity contribution in [3.8, 4) is 0 Å². The Balaban J connectivity index is 2.68. The van der Waals surface area contributed by atoms with E-state index in [1.165, 1.54) is 25.8 Å². The molecule has 2 heteroatoms. The predicted octanol–water partition coefficient (Wildman–Crippen LogP) is 2.64. The third kappa shape index (κ3) is 2.94. The fourth-order valence-electron chi connectivity index (χ4n) is 2.61. The van der Waals surface area contributed by atoms with Crippen molar-refractivity contribution in [1.29, 1.82) is 0 Å². The lowest BCUT2D eigenvalue weighted by Gasteiger charge is -2.48. The maximum Gasteiger partial charge on any atom is 0.0278 e. The average Bonchev–Trinajstić information content (AvgIpc) is 2.25. The molecule has 0 aromatic rings. The van der Waals surface area contributed by atoms with Gasteiger partial charge in [-0.05, 0) is 33.1 Å². The van der Waals surface area contributed by atoms with Gasteiger partial charge in [-0.2, -0.15) is 0 Å². The van der Waals surface area contributed by atoms with Crippen LogP contribution in [0.15, 0.2) is 0 Å². The summed E-state index contributed by atoms with van der Waals surface area (Å²) in [6, 6.07) is 1.46. The summed E-state index contributed by atoms with van der Waals surface area (Å²) in [7, 11) is 0. The maximum absolute atomic E-state index is 3.69. The van der Waals surface area contributed by atoms with Crippen LogP contribution in [0.2, 0.25) is 0 Å². The molecule has 1 saturated heterocycles. The van der Waals surface area contributed by atoms with E-state index in [4.69, 9.17) is 0 Å². The van der Waals surface area contributed by atoms with Crippen molar-refractivity contribution in [2.45, 2.75) is 71.5 Å². The van der Waals surface area contributed by atoms with Gasteiger partial charge < -0.3 is 5.32 Å². The smallest absolute Gasteiger partial charge is 0.0278 e. The second-order valence-corrected chi connectivity index (χ2v) is 5.29. The zero-order chi connectivity index (χ0) is 11.5. The van der Waals surface area contributed by atoms with Gasteiger partial charge in [-0.25, -0.2) is 0 Å². The van der Waals surface area contributed by atoms with E-state index in [0.717, 1.165) is 12.6 Å². The normalized spacial score (nSPS) is 33.6. The molecule has 90 valence electrons. The molecule has 15 heavy (non-hydrogen) atoms. The molecule has 0 aromatic heterocycles. The number of nitrogens with zero attached hydrogens (tertiary/aromatic N) is 1. The van der Waals surface area contributed by atoms with E-state index in [-0.39, 0.29) is 0 Å². The molecular formula is C13H28N2. The number of rotatable bonds is 4. The molecule has 1 fully saturated rings. The number of piperazine rings is 1. The zero-order valence-electron chi connectivity index (χ0n) is 11.1. The first-order chi connectivity index (χ1) is 7.06.